The highest BCUT2D eigenvalue weighted by molar-refractivity contribution is 7.89. The Morgan fingerprint density at radius 1 is 0.912 bits per heavy atom. The Labute approximate surface area is 197 Å². The van der Waals surface area contributed by atoms with Gasteiger partial charge in [0.15, 0.2) is 0 Å². The molecular weight excluding hydrogens is 467 g/mol. The van der Waals surface area contributed by atoms with E-state index in [9.17, 15) is 26.4 Å². The summed E-state index contributed by atoms with van der Waals surface area (Å²) in [7, 11) is -4.04. The molecule has 2 unspecified atom stereocenters. The molecule has 0 saturated heterocycles. The Hall–Kier alpha value is -2.59. The van der Waals surface area contributed by atoms with E-state index in [4.69, 9.17) is 0 Å². The van der Waals surface area contributed by atoms with E-state index in [1.165, 1.54) is 37.8 Å². The van der Waals surface area contributed by atoms with Crippen LogP contribution in [0, 0.1) is 29.3 Å². The number of anilines is 1. The van der Waals surface area contributed by atoms with Crippen molar-refractivity contribution in [2.45, 2.75) is 49.5 Å². The molecule has 0 aliphatic heterocycles. The molecule has 34 heavy (non-hydrogen) atoms. The number of amides is 1. The summed E-state index contributed by atoms with van der Waals surface area (Å²) in [5.74, 6) is -2.33. The van der Waals surface area contributed by atoms with E-state index >= 15 is 0 Å². The maximum absolute atomic E-state index is 14.7. The largest absolute Gasteiger partial charge is 0.380 e. The molecule has 6 nitrogen and oxygen atoms in total. The fourth-order valence-electron chi connectivity index (χ4n) is 5.10. The predicted octanol–water partition coefficient (Wildman–Crippen LogP) is 4.19. The quantitative estimate of drug-likeness (QED) is 0.480. The second-order valence-corrected chi connectivity index (χ2v) is 10.9. The molecule has 0 aromatic heterocycles. The van der Waals surface area contributed by atoms with Gasteiger partial charge in [-0.1, -0.05) is 25.3 Å². The second kappa shape index (κ2) is 10.4. The third kappa shape index (κ3) is 5.72. The summed E-state index contributed by atoms with van der Waals surface area (Å²) < 4.78 is 69.3. The van der Waals surface area contributed by atoms with E-state index in [0.29, 0.717) is 11.8 Å². The zero-order valence-electron chi connectivity index (χ0n) is 18.6. The lowest BCUT2D eigenvalue weighted by Crippen LogP contribution is -2.35. The van der Waals surface area contributed by atoms with Crippen LogP contribution in [-0.4, -0.2) is 33.5 Å². The van der Waals surface area contributed by atoms with Gasteiger partial charge in [-0.15, -0.1) is 0 Å². The van der Waals surface area contributed by atoms with Gasteiger partial charge in [-0.3, -0.25) is 4.79 Å². The number of carbonyl (C=O) groups is 1. The minimum atomic E-state index is -4.04. The van der Waals surface area contributed by atoms with E-state index in [0.717, 1.165) is 37.1 Å². The van der Waals surface area contributed by atoms with Crippen molar-refractivity contribution in [3.05, 3.63) is 59.4 Å². The summed E-state index contributed by atoms with van der Waals surface area (Å²) in [6.45, 7) is -0.450. The molecule has 2 aliphatic carbocycles. The summed E-state index contributed by atoms with van der Waals surface area (Å²) in [6, 6.07) is 6.93. The Bertz CT molecular complexity index is 1130. The van der Waals surface area contributed by atoms with E-state index in [-0.39, 0.29) is 29.7 Å². The van der Waals surface area contributed by atoms with Crippen LogP contribution in [0.25, 0.3) is 0 Å². The Kier molecular flexibility index (Phi) is 7.47. The molecule has 2 fully saturated rings. The Balaban J connectivity index is 1.31. The van der Waals surface area contributed by atoms with E-state index in [2.05, 4.69) is 15.4 Å². The summed E-state index contributed by atoms with van der Waals surface area (Å²) in [5, 5.41) is 5.50. The first-order valence-corrected chi connectivity index (χ1v) is 13.0. The normalized spacial score (nSPS) is 22.3. The van der Waals surface area contributed by atoms with Crippen LogP contribution in [0.5, 0.6) is 0 Å². The fraction of sp³-hybridized carbons (Fsp3) is 0.458. The molecule has 0 radical (unpaired) electrons. The molecule has 4 rings (SSSR count). The summed E-state index contributed by atoms with van der Waals surface area (Å²) >= 11 is 0. The van der Waals surface area contributed by atoms with Crippen LogP contribution in [0.2, 0.25) is 0 Å². The molecule has 2 bridgehead atoms. The van der Waals surface area contributed by atoms with Gasteiger partial charge in [-0.2, -0.15) is 0 Å². The van der Waals surface area contributed by atoms with Gasteiger partial charge >= 0.3 is 0 Å². The zero-order chi connectivity index (χ0) is 24.3. The summed E-state index contributed by atoms with van der Waals surface area (Å²) in [5.41, 5.74) is -0.458. The van der Waals surface area contributed by atoms with Crippen molar-refractivity contribution in [1.82, 2.24) is 10.0 Å². The molecule has 0 spiro atoms. The first-order valence-electron chi connectivity index (χ1n) is 11.5. The van der Waals surface area contributed by atoms with Crippen molar-refractivity contribution in [2.24, 2.45) is 11.8 Å². The van der Waals surface area contributed by atoms with Gasteiger partial charge in [0, 0.05) is 19.1 Å². The van der Waals surface area contributed by atoms with Crippen molar-refractivity contribution in [2.75, 3.05) is 18.4 Å². The third-order valence-corrected chi connectivity index (χ3v) is 8.09. The van der Waals surface area contributed by atoms with Crippen LogP contribution < -0.4 is 15.4 Å². The average Bonchev–Trinajstić information content (AvgIpc) is 2.78. The Morgan fingerprint density at radius 2 is 1.59 bits per heavy atom. The minimum Gasteiger partial charge on any atom is -0.380 e. The van der Waals surface area contributed by atoms with Crippen molar-refractivity contribution < 1.29 is 26.4 Å². The highest BCUT2D eigenvalue weighted by Crippen LogP contribution is 2.40. The lowest BCUT2D eigenvalue weighted by Gasteiger charge is -2.39. The number of carbonyl (C=O) groups excluding carboxylic acids is 1. The third-order valence-electron chi connectivity index (χ3n) is 6.63. The molecule has 184 valence electrons. The zero-order valence-corrected chi connectivity index (χ0v) is 19.4. The van der Waals surface area contributed by atoms with Gasteiger partial charge in [0.2, 0.25) is 10.0 Å². The van der Waals surface area contributed by atoms with Gasteiger partial charge in [0.25, 0.3) is 5.91 Å². The van der Waals surface area contributed by atoms with Crippen molar-refractivity contribution in [3.8, 4) is 0 Å². The number of nitrogens with one attached hydrogen (secondary N) is 3. The smallest absolute Gasteiger partial charge is 0.257 e. The van der Waals surface area contributed by atoms with Crippen LogP contribution in [0.4, 0.5) is 18.9 Å². The van der Waals surface area contributed by atoms with Crippen LogP contribution in [0.15, 0.2) is 41.3 Å². The van der Waals surface area contributed by atoms with Crippen molar-refractivity contribution in [3.63, 3.8) is 0 Å². The molecule has 0 heterocycles. The minimum absolute atomic E-state index is 0.182. The van der Waals surface area contributed by atoms with Gasteiger partial charge in [0.05, 0.1) is 10.6 Å². The highest BCUT2D eigenvalue weighted by atomic mass is 32.2. The molecular formula is C24H28F3N3O3S. The van der Waals surface area contributed by atoms with E-state index in [1.807, 2.05) is 0 Å². The number of sulfonamides is 1. The van der Waals surface area contributed by atoms with Gasteiger partial charge in [0.1, 0.15) is 23.0 Å². The monoisotopic (exact) mass is 495 g/mol. The first kappa shape index (κ1) is 24.5. The second-order valence-electron chi connectivity index (χ2n) is 9.10. The Morgan fingerprint density at radius 3 is 2.24 bits per heavy atom. The molecule has 2 saturated carbocycles. The average molecular weight is 496 g/mol. The number of fused-ring (bicyclic) bond motifs is 2. The van der Waals surface area contributed by atoms with E-state index in [1.54, 1.807) is 0 Å². The summed E-state index contributed by atoms with van der Waals surface area (Å²) in [6.07, 6.45) is 6.95. The van der Waals surface area contributed by atoms with Crippen molar-refractivity contribution >= 4 is 21.6 Å². The number of hydrogen-bond acceptors (Lipinski definition) is 4. The molecule has 2 aliphatic rings. The van der Waals surface area contributed by atoms with Crippen LogP contribution in [0.3, 0.4) is 0 Å². The first-order chi connectivity index (χ1) is 16.2. The predicted molar refractivity (Wildman–Crippen MR) is 122 cm³/mol. The SMILES string of the molecule is O=C(NCCNS(=O)(=O)c1ccc(NC2CC3CCCC(C3)C2)c(F)c1)c1c(F)cccc1F. The molecule has 2 aromatic carbocycles. The fourth-order valence-corrected chi connectivity index (χ4v) is 6.14. The number of benzene rings is 2. The maximum Gasteiger partial charge on any atom is 0.257 e. The number of rotatable bonds is 8. The standard InChI is InChI=1S/C24H28F3N3O3S/c25-19-5-2-6-20(26)23(19)24(31)28-9-10-29-34(32,33)18-7-8-22(21(27)14-18)30-17-12-15-3-1-4-16(11-15)13-17/h2,5-8,14-17,29-30H,1,3-4,9-13H2,(H,28,31). The summed E-state index contributed by atoms with van der Waals surface area (Å²) in [4.78, 5) is 11.7. The lowest BCUT2D eigenvalue weighted by atomic mass is 9.70. The van der Waals surface area contributed by atoms with Gasteiger partial charge in [-0.25, -0.2) is 26.3 Å². The van der Waals surface area contributed by atoms with Crippen molar-refractivity contribution in [1.29, 1.82) is 0 Å². The molecule has 2 atom stereocenters. The van der Waals surface area contributed by atoms with Crippen LogP contribution in [0.1, 0.15) is 48.9 Å². The maximum atomic E-state index is 14.7. The lowest BCUT2D eigenvalue weighted by molar-refractivity contribution is 0.0946. The molecule has 1 amide bonds. The molecule has 3 N–H and O–H groups in total. The van der Waals surface area contributed by atoms with E-state index < -0.39 is 38.9 Å². The number of halogens is 3. The van der Waals surface area contributed by atoms with Crippen LogP contribution in [-0.2, 0) is 10.0 Å². The molecule has 10 heteroatoms. The molecule has 2 aromatic rings. The topological polar surface area (TPSA) is 87.3 Å². The van der Waals surface area contributed by atoms with Crippen LogP contribution >= 0.6 is 0 Å². The van der Waals surface area contributed by atoms with Gasteiger partial charge in [-0.05, 0) is 61.4 Å². The number of hydrogen-bond donors (Lipinski definition) is 3. The highest BCUT2D eigenvalue weighted by Gasteiger charge is 2.32. The van der Waals surface area contributed by atoms with Gasteiger partial charge < -0.3 is 10.6 Å².